The number of primary amides is 1. The number of hydrogen-bond acceptors (Lipinski definition) is 8. The molecule has 1 aromatic heterocycles. The molecule has 2 aliphatic heterocycles. The largest absolute Gasteiger partial charge is 0.495 e. The summed E-state index contributed by atoms with van der Waals surface area (Å²) in [4.78, 5) is 23.6. The zero-order valence-electron chi connectivity index (χ0n) is 21.8. The minimum Gasteiger partial charge on any atom is -0.495 e. The predicted molar refractivity (Wildman–Crippen MR) is 148 cm³/mol. The molecule has 10 heteroatoms. The molecule has 0 aliphatic carbocycles. The van der Waals surface area contributed by atoms with Crippen molar-refractivity contribution < 1.29 is 13.9 Å². The molecule has 0 unspecified atom stereocenters. The number of nitrogens with two attached hydrogens (primary N) is 1. The molecule has 3 heterocycles. The highest BCUT2D eigenvalue weighted by Gasteiger charge is 2.22. The van der Waals surface area contributed by atoms with Gasteiger partial charge < -0.3 is 26.4 Å². The van der Waals surface area contributed by atoms with E-state index in [1.165, 1.54) is 23.8 Å². The average molecular weight is 518 g/mol. The SMILES string of the molecule is COc1cc(C2=CCN(C(C)C)CC2)ccc1Nc1nc2c(c(Nc3cc(F)ccc3C(N)=O)n1)CCN2. The molecule has 198 valence electrons. The summed E-state index contributed by atoms with van der Waals surface area (Å²) in [6.07, 6.45) is 3.95. The molecule has 3 aromatic rings. The van der Waals surface area contributed by atoms with Gasteiger partial charge in [0.1, 0.15) is 23.2 Å². The van der Waals surface area contributed by atoms with E-state index in [2.05, 4.69) is 56.8 Å². The molecule has 5 N–H and O–H groups in total. The highest BCUT2D eigenvalue weighted by atomic mass is 19.1. The van der Waals surface area contributed by atoms with E-state index in [-0.39, 0.29) is 11.3 Å². The minimum atomic E-state index is -0.663. The number of amides is 1. The third-order valence-electron chi connectivity index (χ3n) is 6.96. The summed E-state index contributed by atoms with van der Waals surface area (Å²) in [5, 5.41) is 9.61. The Balaban J connectivity index is 1.43. The van der Waals surface area contributed by atoms with Gasteiger partial charge in [-0.25, -0.2) is 4.39 Å². The molecular formula is C28H32FN7O2. The number of halogens is 1. The second-order valence-corrected chi connectivity index (χ2v) is 9.69. The highest BCUT2D eigenvalue weighted by Crippen LogP contribution is 2.35. The third-order valence-corrected chi connectivity index (χ3v) is 6.96. The molecule has 38 heavy (non-hydrogen) atoms. The number of rotatable bonds is 8. The van der Waals surface area contributed by atoms with E-state index in [1.807, 2.05) is 12.1 Å². The van der Waals surface area contributed by atoms with Crippen LogP contribution in [-0.2, 0) is 6.42 Å². The van der Waals surface area contributed by atoms with Crippen LogP contribution in [0, 0.1) is 5.82 Å². The first-order valence-electron chi connectivity index (χ1n) is 12.7. The van der Waals surface area contributed by atoms with Gasteiger partial charge in [-0.2, -0.15) is 9.97 Å². The van der Waals surface area contributed by atoms with Crippen molar-refractivity contribution in [1.29, 1.82) is 0 Å². The van der Waals surface area contributed by atoms with Crippen molar-refractivity contribution in [3.8, 4) is 5.75 Å². The lowest BCUT2D eigenvalue weighted by molar-refractivity contribution is 0.100. The van der Waals surface area contributed by atoms with Crippen molar-refractivity contribution in [3.63, 3.8) is 0 Å². The van der Waals surface area contributed by atoms with Crippen LogP contribution >= 0.6 is 0 Å². The molecular weight excluding hydrogens is 485 g/mol. The number of fused-ring (bicyclic) bond motifs is 1. The zero-order chi connectivity index (χ0) is 26.8. The van der Waals surface area contributed by atoms with Crippen LogP contribution in [0.4, 0.5) is 33.3 Å². The quantitative estimate of drug-likeness (QED) is 0.340. The van der Waals surface area contributed by atoms with Crippen molar-refractivity contribution in [2.75, 3.05) is 42.7 Å². The first-order chi connectivity index (χ1) is 18.3. The van der Waals surface area contributed by atoms with Crippen molar-refractivity contribution in [3.05, 3.63) is 65.0 Å². The Morgan fingerprint density at radius 3 is 2.68 bits per heavy atom. The Labute approximate surface area is 221 Å². The lowest BCUT2D eigenvalue weighted by Gasteiger charge is -2.29. The van der Waals surface area contributed by atoms with Crippen LogP contribution in [0.3, 0.4) is 0 Å². The van der Waals surface area contributed by atoms with E-state index in [0.717, 1.165) is 30.6 Å². The third kappa shape index (κ3) is 5.26. The molecule has 0 spiro atoms. The summed E-state index contributed by atoms with van der Waals surface area (Å²) in [5.74, 6) is 0.975. The van der Waals surface area contributed by atoms with E-state index in [1.54, 1.807) is 7.11 Å². The number of hydrogen-bond donors (Lipinski definition) is 4. The molecule has 1 amide bonds. The van der Waals surface area contributed by atoms with Gasteiger partial charge in [-0.1, -0.05) is 12.1 Å². The normalized spacial score (nSPS) is 15.0. The average Bonchev–Trinajstić information content (AvgIpc) is 3.38. The number of benzene rings is 2. The Hall–Kier alpha value is -4.18. The fourth-order valence-corrected chi connectivity index (χ4v) is 4.83. The number of carbonyl (C=O) groups excluding carboxylic acids is 1. The van der Waals surface area contributed by atoms with E-state index in [4.69, 9.17) is 10.5 Å². The summed E-state index contributed by atoms with van der Waals surface area (Å²) in [6, 6.07) is 10.4. The van der Waals surface area contributed by atoms with Gasteiger partial charge in [0.05, 0.1) is 24.0 Å². The minimum absolute atomic E-state index is 0.171. The summed E-state index contributed by atoms with van der Waals surface area (Å²) in [6.45, 7) is 7.09. The molecule has 5 rings (SSSR count). The van der Waals surface area contributed by atoms with Crippen LogP contribution in [-0.4, -0.2) is 53.6 Å². The van der Waals surface area contributed by atoms with Gasteiger partial charge in [-0.15, -0.1) is 0 Å². The van der Waals surface area contributed by atoms with Crippen LogP contribution in [0.1, 0.15) is 41.8 Å². The first-order valence-corrected chi connectivity index (χ1v) is 12.7. The van der Waals surface area contributed by atoms with Crippen molar-refractivity contribution in [2.24, 2.45) is 5.73 Å². The number of methoxy groups -OCH3 is 1. The van der Waals surface area contributed by atoms with Crippen LogP contribution < -0.4 is 26.4 Å². The summed E-state index contributed by atoms with van der Waals surface area (Å²) in [5.41, 5.74) is 9.90. The monoisotopic (exact) mass is 517 g/mol. The fraction of sp³-hybridized carbons (Fsp3) is 0.321. The molecule has 2 aromatic carbocycles. The standard InChI is InChI=1S/C28H32FN7O2/c1-16(2)36-12-9-17(10-13-36)18-4-7-22(24(14-18)38-3)33-28-34-26-21(8-11-31-26)27(35-28)32-23-15-19(29)5-6-20(23)25(30)37/h4-7,9,14-16H,8,10-13H2,1-3H3,(H2,30,37)(H3,31,32,33,34,35). The summed E-state index contributed by atoms with van der Waals surface area (Å²) < 4.78 is 19.7. The number of nitrogens with one attached hydrogen (secondary N) is 3. The van der Waals surface area contributed by atoms with Crippen molar-refractivity contribution in [2.45, 2.75) is 32.7 Å². The lowest BCUT2D eigenvalue weighted by atomic mass is 9.98. The number of nitrogens with zero attached hydrogens (tertiary/aromatic N) is 3. The number of carbonyl (C=O) groups is 1. The summed E-state index contributed by atoms with van der Waals surface area (Å²) in [7, 11) is 1.63. The number of anilines is 5. The van der Waals surface area contributed by atoms with Crippen LogP contribution in [0.5, 0.6) is 5.75 Å². The Kier molecular flexibility index (Phi) is 7.15. The predicted octanol–water partition coefficient (Wildman–Crippen LogP) is 4.68. The molecule has 2 aliphatic rings. The lowest BCUT2D eigenvalue weighted by Crippen LogP contribution is -2.34. The molecule has 0 saturated heterocycles. The number of aromatic nitrogens is 2. The van der Waals surface area contributed by atoms with Gasteiger partial charge in [0.25, 0.3) is 5.91 Å². The Morgan fingerprint density at radius 1 is 1.13 bits per heavy atom. The van der Waals surface area contributed by atoms with Crippen LogP contribution in [0.15, 0.2) is 42.5 Å². The molecule has 9 nitrogen and oxygen atoms in total. The Bertz CT molecular complexity index is 1410. The van der Waals surface area contributed by atoms with E-state index in [0.29, 0.717) is 48.0 Å². The van der Waals surface area contributed by atoms with E-state index >= 15 is 0 Å². The van der Waals surface area contributed by atoms with Gasteiger partial charge in [0.15, 0.2) is 0 Å². The van der Waals surface area contributed by atoms with Gasteiger partial charge in [0, 0.05) is 31.2 Å². The topological polar surface area (TPSA) is 117 Å². The second-order valence-electron chi connectivity index (χ2n) is 9.69. The maximum atomic E-state index is 14.0. The molecule has 0 bridgehead atoms. The van der Waals surface area contributed by atoms with Crippen molar-refractivity contribution in [1.82, 2.24) is 14.9 Å². The van der Waals surface area contributed by atoms with Gasteiger partial charge in [-0.05, 0) is 68.2 Å². The van der Waals surface area contributed by atoms with Gasteiger partial charge in [-0.3, -0.25) is 9.69 Å². The van der Waals surface area contributed by atoms with Gasteiger partial charge >= 0.3 is 0 Å². The zero-order valence-corrected chi connectivity index (χ0v) is 21.8. The molecule has 0 saturated carbocycles. The van der Waals surface area contributed by atoms with E-state index in [9.17, 15) is 9.18 Å². The molecule has 0 atom stereocenters. The first kappa shape index (κ1) is 25.5. The maximum Gasteiger partial charge on any atom is 0.250 e. The maximum absolute atomic E-state index is 14.0. The number of ether oxygens (including phenoxy) is 1. The van der Waals surface area contributed by atoms with Crippen molar-refractivity contribution >= 4 is 40.4 Å². The fourth-order valence-electron chi connectivity index (χ4n) is 4.83. The molecule has 0 radical (unpaired) electrons. The highest BCUT2D eigenvalue weighted by molar-refractivity contribution is 5.99. The van der Waals surface area contributed by atoms with Crippen LogP contribution in [0.25, 0.3) is 5.57 Å². The second kappa shape index (κ2) is 10.7. The van der Waals surface area contributed by atoms with Gasteiger partial charge in [0.2, 0.25) is 5.95 Å². The summed E-state index contributed by atoms with van der Waals surface area (Å²) >= 11 is 0. The van der Waals surface area contributed by atoms with Crippen LogP contribution in [0.2, 0.25) is 0 Å². The molecule has 0 fully saturated rings. The Morgan fingerprint density at radius 2 is 1.97 bits per heavy atom. The van der Waals surface area contributed by atoms with E-state index < -0.39 is 11.7 Å². The smallest absolute Gasteiger partial charge is 0.250 e.